The van der Waals surface area contributed by atoms with E-state index in [9.17, 15) is 4.79 Å². The number of aryl methyl sites for hydroxylation is 2. The van der Waals surface area contributed by atoms with Crippen LogP contribution in [0.3, 0.4) is 0 Å². The summed E-state index contributed by atoms with van der Waals surface area (Å²) in [6.07, 6.45) is 1.77. The summed E-state index contributed by atoms with van der Waals surface area (Å²) in [5.41, 5.74) is 4.40. The largest absolute Gasteiger partial charge is 0.349 e. The highest BCUT2D eigenvalue weighted by molar-refractivity contribution is 5.99. The summed E-state index contributed by atoms with van der Waals surface area (Å²) in [5, 5.41) is 7.26. The van der Waals surface area contributed by atoms with Crippen molar-refractivity contribution >= 4 is 5.91 Å². The Morgan fingerprint density at radius 3 is 2.68 bits per heavy atom. The number of rotatable bonds is 1. The number of hydrogen-bond acceptors (Lipinski definition) is 3. The summed E-state index contributed by atoms with van der Waals surface area (Å²) in [6.45, 7) is 6.58. The SMILES string of the molecule is Cc1cc(-c2cnn3c2C(=O)NC[C@@H]3C)cc(C)n1. The minimum atomic E-state index is -0.0577. The van der Waals surface area contributed by atoms with Crippen molar-refractivity contribution in [2.75, 3.05) is 6.54 Å². The maximum atomic E-state index is 12.1. The number of aromatic nitrogens is 3. The number of hydrogen-bond donors (Lipinski definition) is 1. The molecule has 0 fully saturated rings. The molecule has 1 atom stereocenters. The summed E-state index contributed by atoms with van der Waals surface area (Å²) in [7, 11) is 0. The first-order chi connectivity index (χ1) is 9.06. The van der Waals surface area contributed by atoms with Crippen LogP contribution in [0.1, 0.15) is 34.8 Å². The highest BCUT2D eigenvalue weighted by Crippen LogP contribution is 2.28. The Balaban J connectivity index is 2.19. The Bertz CT molecular complexity index is 639. The van der Waals surface area contributed by atoms with Gasteiger partial charge in [-0.3, -0.25) is 14.5 Å². The fraction of sp³-hybridized carbons (Fsp3) is 0.357. The molecule has 0 spiro atoms. The molecule has 0 bridgehead atoms. The monoisotopic (exact) mass is 256 g/mol. The molecule has 0 radical (unpaired) electrons. The van der Waals surface area contributed by atoms with Crippen molar-refractivity contribution in [3.8, 4) is 11.1 Å². The van der Waals surface area contributed by atoms with E-state index in [0.29, 0.717) is 12.2 Å². The first kappa shape index (κ1) is 11.9. The first-order valence-corrected chi connectivity index (χ1v) is 6.37. The highest BCUT2D eigenvalue weighted by Gasteiger charge is 2.27. The highest BCUT2D eigenvalue weighted by atomic mass is 16.2. The number of nitrogens with one attached hydrogen (secondary N) is 1. The van der Waals surface area contributed by atoms with Crippen molar-refractivity contribution in [2.45, 2.75) is 26.8 Å². The predicted octanol–water partition coefficient (Wildman–Crippen LogP) is 1.87. The lowest BCUT2D eigenvalue weighted by atomic mass is 10.0. The molecule has 0 aromatic carbocycles. The summed E-state index contributed by atoms with van der Waals surface area (Å²) in [6, 6.07) is 4.15. The molecule has 0 aliphatic carbocycles. The van der Waals surface area contributed by atoms with Crippen molar-refractivity contribution < 1.29 is 4.79 Å². The van der Waals surface area contributed by atoms with Gasteiger partial charge in [-0.05, 0) is 38.5 Å². The number of carbonyl (C=O) groups is 1. The zero-order chi connectivity index (χ0) is 13.6. The van der Waals surface area contributed by atoms with E-state index in [-0.39, 0.29) is 11.9 Å². The van der Waals surface area contributed by atoms with Crippen LogP contribution in [0.25, 0.3) is 11.1 Å². The molecule has 1 amide bonds. The maximum absolute atomic E-state index is 12.1. The molecule has 0 saturated carbocycles. The summed E-state index contributed by atoms with van der Waals surface area (Å²) < 4.78 is 1.80. The van der Waals surface area contributed by atoms with E-state index in [2.05, 4.69) is 15.4 Å². The van der Waals surface area contributed by atoms with Crippen LogP contribution >= 0.6 is 0 Å². The first-order valence-electron chi connectivity index (χ1n) is 6.37. The third-order valence-corrected chi connectivity index (χ3v) is 3.38. The topological polar surface area (TPSA) is 59.8 Å². The van der Waals surface area contributed by atoms with Gasteiger partial charge in [0.15, 0.2) is 0 Å². The van der Waals surface area contributed by atoms with Crippen LogP contribution in [0.2, 0.25) is 0 Å². The molecule has 2 aromatic rings. The standard InChI is InChI=1S/C14H16N4O/c1-8-4-11(5-9(2)17-8)12-7-16-18-10(3)6-15-14(19)13(12)18/h4-5,7,10H,6H2,1-3H3,(H,15,19)/t10-/m0/s1. The van der Waals surface area contributed by atoms with Crippen LogP contribution in [-0.2, 0) is 0 Å². The maximum Gasteiger partial charge on any atom is 0.270 e. The third-order valence-electron chi connectivity index (χ3n) is 3.38. The Morgan fingerprint density at radius 2 is 2.00 bits per heavy atom. The Kier molecular flexibility index (Phi) is 2.62. The number of amides is 1. The fourth-order valence-corrected chi connectivity index (χ4v) is 2.53. The van der Waals surface area contributed by atoms with Crippen LogP contribution < -0.4 is 5.32 Å². The Labute approximate surface area is 111 Å². The molecule has 3 rings (SSSR count). The lowest BCUT2D eigenvalue weighted by Crippen LogP contribution is -2.38. The number of carbonyl (C=O) groups excluding carboxylic acids is 1. The van der Waals surface area contributed by atoms with E-state index in [1.54, 1.807) is 10.9 Å². The third kappa shape index (κ3) is 1.91. The average Bonchev–Trinajstić information content (AvgIpc) is 2.78. The van der Waals surface area contributed by atoms with Crippen LogP contribution in [-0.4, -0.2) is 27.2 Å². The molecule has 0 unspecified atom stereocenters. The van der Waals surface area contributed by atoms with Crippen molar-refractivity contribution in [3.05, 3.63) is 35.4 Å². The molecule has 5 heteroatoms. The van der Waals surface area contributed by atoms with E-state index in [1.165, 1.54) is 0 Å². The summed E-state index contributed by atoms with van der Waals surface area (Å²) in [4.78, 5) is 16.4. The van der Waals surface area contributed by atoms with Gasteiger partial charge < -0.3 is 5.32 Å². The molecule has 0 saturated heterocycles. The van der Waals surface area contributed by atoms with Gasteiger partial charge in [0.1, 0.15) is 5.69 Å². The normalized spacial score (nSPS) is 18.1. The number of pyridine rings is 1. The quantitative estimate of drug-likeness (QED) is 0.847. The van der Waals surface area contributed by atoms with Crippen LogP contribution in [0.15, 0.2) is 18.3 Å². The minimum absolute atomic E-state index is 0.0577. The average molecular weight is 256 g/mol. The van der Waals surface area contributed by atoms with E-state index in [1.807, 2.05) is 32.9 Å². The van der Waals surface area contributed by atoms with E-state index < -0.39 is 0 Å². The van der Waals surface area contributed by atoms with Gasteiger partial charge in [0.05, 0.1) is 12.2 Å². The van der Waals surface area contributed by atoms with Crippen molar-refractivity contribution in [3.63, 3.8) is 0 Å². The molecule has 1 aliphatic heterocycles. The lowest BCUT2D eigenvalue weighted by Gasteiger charge is -2.22. The van der Waals surface area contributed by atoms with Crippen LogP contribution in [0.4, 0.5) is 0 Å². The van der Waals surface area contributed by atoms with Gasteiger partial charge in [-0.25, -0.2) is 0 Å². The molecule has 98 valence electrons. The molecule has 3 heterocycles. The van der Waals surface area contributed by atoms with Gasteiger partial charge in [-0.1, -0.05) is 0 Å². The van der Waals surface area contributed by atoms with Gasteiger partial charge in [0.25, 0.3) is 5.91 Å². The number of fused-ring (bicyclic) bond motifs is 1. The lowest BCUT2D eigenvalue weighted by molar-refractivity contribution is 0.0913. The second-order valence-electron chi connectivity index (χ2n) is 5.05. The second-order valence-corrected chi connectivity index (χ2v) is 5.05. The van der Waals surface area contributed by atoms with Gasteiger partial charge >= 0.3 is 0 Å². The van der Waals surface area contributed by atoms with Crippen molar-refractivity contribution in [2.24, 2.45) is 0 Å². The van der Waals surface area contributed by atoms with Gasteiger partial charge in [0, 0.05) is 23.5 Å². The van der Waals surface area contributed by atoms with Gasteiger partial charge in [0.2, 0.25) is 0 Å². The van der Waals surface area contributed by atoms with Crippen LogP contribution in [0, 0.1) is 13.8 Å². The smallest absolute Gasteiger partial charge is 0.270 e. The van der Waals surface area contributed by atoms with Gasteiger partial charge in [-0.15, -0.1) is 0 Å². The van der Waals surface area contributed by atoms with Crippen molar-refractivity contribution in [1.29, 1.82) is 0 Å². The summed E-state index contributed by atoms with van der Waals surface area (Å²) in [5.74, 6) is -0.0577. The molecule has 2 aromatic heterocycles. The zero-order valence-electron chi connectivity index (χ0n) is 11.3. The van der Waals surface area contributed by atoms with Gasteiger partial charge in [-0.2, -0.15) is 5.10 Å². The number of nitrogens with zero attached hydrogens (tertiary/aromatic N) is 3. The molecular weight excluding hydrogens is 240 g/mol. The Hall–Kier alpha value is -2.17. The molecular formula is C14H16N4O. The van der Waals surface area contributed by atoms with E-state index in [4.69, 9.17) is 0 Å². The van der Waals surface area contributed by atoms with E-state index in [0.717, 1.165) is 22.5 Å². The molecule has 19 heavy (non-hydrogen) atoms. The molecule has 1 N–H and O–H groups in total. The zero-order valence-corrected chi connectivity index (χ0v) is 11.3. The molecule has 1 aliphatic rings. The molecule has 5 nitrogen and oxygen atoms in total. The van der Waals surface area contributed by atoms with Crippen molar-refractivity contribution in [1.82, 2.24) is 20.1 Å². The Morgan fingerprint density at radius 1 is 1.32 bits per heavy atom. The fourth-order valence-electron chi connectivity index (χ4n) is 2.53. The second kappa shape index (κ2) is 4.19. The summed E-state index contributed by atoms with van der Waals surface area (Å²) >= 11 is 0. The van der Waals surface area contributed by atoms with Crippen LogP contribution in [0.5, 0.6) is 0 Å². The predicted molar refractivity (Wildman–Crippen MR) is 72.0 cm³/mol. The minimum Gasteiger partial charge on any atom is -0.349 e. The van der Waals surface area contributed by atoms with E-state index >= 15 is 0 Å².